The largest absolute Gasteiger partial charge is 0.140 e. The maximum atomic E-state index is 6.18. The average molecular weight is 293 g/mol. The van der Waals surface area contributed by atoms with Gasteiger partial charge in [-0.25, -0.2) is 0 Å². The van der Waals surface area contributed by atoms with Crippen molar-refractivity contribution in [1.82, 2.24) is 0 Å². The van der Waals surface area contributed by atoms with Crippen LogP contribution in [0, 0.1) is 0 Å². The van der Waals surface area contributed by atoms with Gasteiger partial charge >= 0.3 is 0 Å². The van der Waals surface area contributed by atoms with E-state index >= 15 is 0 Å². The monoisotopic (exact) mass is 292 g/mol. The van der Waals surface area contributed by atoms with Crippen molar-refractivity contribution in [3.8, 4) is 0 Å². The van der Waals surface area contributed by atoms with E-state index in [2.05, 4.69) is 18.2 Å². The molecule has 0 aliphatic carbocycles. The zero-order valence-electron chi connectivity index (χ0n) is 9.49. The van der Waals surface area contributed by atoms with E-state index in [9.17, 15) is 0 Å². The van der Waals surface area contributed by atoms with E-state index in [0.29, 0.717) is 0 Å². The molecule has 0 fully saturated rings. The van der Waals surface area contributed by atoms with E-state index in [-0.39, 0.29) is 0 Å². The number of fused-ring (bicyclic) bond motifs is 1. The van der Waals surface area contributed by atoms with Crippen molar-refractivity contribution < 1.29 is 0 Å². The molecule has 90 valence electrons. The van der Waals surface area contributed by atoms with E-state index in [1.807, 2.05) is 30.3 Å². The van der Waals surface area contributed by atoms with Gasteiger partial charge in [0.15, 0.2) is 0 Å². The molecule has 0 nitrogen and oxygen atoms in total. The van der Waals surface area contributed by atoms with Crippen LogP contribution in [0.3, 0.4) is 0 Å². The molecule has 18 heavy (non-hydrogen) atoms. The number of rotatable bonds is 2. The first-order valence-corrected chi connectivity index (χ1v) is 7.21. The second kappa shape index (κ2) is 4.93. The van der Waals surface area contributed by atoms with Crippen LogP contribution in [0.15, 0.2) is 48.5 Å². The lowest BCUT2D eigenvalue weighted by Crippen LogP contribution is -1.84. The lowest BCUT2D eigenvalue weighted by atomic mass is 10.1. The summed E-state index contributed by atoms with van der Waals surface area (Å²) in [6, 6.07) is 16.2. The minimum atomic E-state index is 0.786. The molecule has 3 heteroatoms. The molecule has 3 rings (SSSR count). The molecule has 0 amide bonds. The van der Waals surface area contributed by atoms with E-state index in [1.54, 1.807) is 11.3 Å². The number of hydrogen-bond donors (Lipinski definition) is 0. The molecular weight excluding hydrogens is 283 g/mol. The third-order valence-electron chi connectivity index (χ3n) is 2.86. The predicted molar refractivity (Wildman–Crippen MR) is 81.1 cm³/mol. The Labute approximate surface area is 120 Å². The highest BCUT2D eigenvalue weighted by atomic mass is 35.5. The van der Waals surface area contributed by atoms with Crippen LogP contribution in [0.2, 0.25) is 10.0 Å². The summed E-state index contributed by atoms with van der Waals surface area (Å²) in [5.74, 6) is 0. The Hall–Kier alpha value is -1.02. The molecule has 0 saturated heterocycles. The second-order valence-corrected chi connectivity index (χ2v) is 6.18. The molecule has 0 saturated carbocycles. The van der Waals surface area contributed by atoms with Gasteiger partial charge in [0, 0.05) is 26.0 Å². The van der Waals surface area contributed by atoms with Crippen molar-refractivity contribution in [2.75, 3.05) is 0 Å². The minimum absolute atomic E-state index is 0.786. The smallest absolute Gasteiger partial charge is 0.0441 e. The minimum Gasteiger partial charge on any atom is -0.140 e. The first-order valence-electron chi connectivity index (χ1n) is 5.64. The van der Waals surface area contributed by atoms with Crippen molar-refractivity contribution in [1.29, 1.82) is 0 Å². The molecule has 1 aromatic heterocycles. The molecule has 0 aliphatic heterocycles. The van der Waals surface area contributed by atoms with Crippen LogP contribution in [0.25, 0.3) is 10.1 Å². The summed E-state index contributed by atoms with van der Waals surface area (Å²) in [5, 5.41) is 2.85. The maximum Gasteiger partial charge on any atom is 0.0441 e. The molecule has 0 bridgehead atoms. The average Bonchev–Trinajstić information content (AvgIpc) is 2.73. The summed E-state index contributed by atoms with van der Waals surface area (Å²) < 4.78 is 1.23. The third kappa shape index (κ3) is 2.39. The van der Waals surface area contributed by atoms with Crippen molar-refractivity contribution in [2.24, 2.45) is 0 Å². The molecular formula is C15H10Cl2S. The Kier molecular flexibility index (Phi) is 3.29. The van der Waals surface area contributed by atoms with Crippen LogP contribution >= 0.6 is 34.5 Å². The van der Waals surface area contributed by atoms with Gasteiger partial charge in [-0.2, -0.15) is 0 Å². The Morgan fingerprint density at radius 3 is 2.61 bits per heavy atom. The summed E-state index contributed by atoms with van der Waals surface area (Å²) in [4.78, 5) is 1.31. The van der Waals surface area contributed by atoms with E-state index in [4.69, 9.17) is 23.2 Å². The van der Waals surface area contributed by atoms with Crippen LogP contribution in [-0.2, 0) is 6.42 Å². The van der Waals surface area contributed by atoms with Crippen molar-refractivity contribution in [3.05, 3.63) is 69.0 Å². The second-order valence-electron chi connectivity index (χ2n) is 4.16. The van der Waals surface area contributed by atoms with Gasteiger partial charge in [-0.1, -0.05) is 47.5 Å². The van der Waals surface area contributed by atoms with E-state index in [1.165, 1.54) is 15.0 Å². The number of benzene rings is 2. The quantitative estimate of drug-likeness (QED) is 0.560. The third-order valence-corrected chi connectivity index (χ3v) is 4.56. The van der Waals surface area contributed by atoms with Crippen LogP contribution in [0.1, 0.15) is 10.4 Å². The van der Waals surface area contributed by atoms with Crippen LogP contribution in [-0.4, -0.2) is 0 Å². The van der Waals surface area contributed by atoms with E-state index < -0.39 is 0 Å². The first-order chi connectivity index (χ1) is 8.72. The number of halogens is 2. The molecule has 0 aliphatic rings. The van der Waals surface area contributed by atoms with Crippen LogP contribution in [0.5, 0.6) is 0 Å². The lowest BCUT2D eigenvalue weighted by molar-refractivity contribution is 1.24. The fraction of sp³-hybridized carbons (Fsp3) is 0.0667. The van der Waals surface area contributed by atoms with Gasteiger partial charge in [0.05, 0.1) is 0 Å². The van der Waals surface area contributed by atoms with Crippen molar-refractivity contribution >= 4 is 44.6 Å². The van der Waals surface area contributed by atoms with Crippen molar-refractivity contribution in [2.45, 2.75) is 6.42 Å². The molecule has 0 atom stereocenters. The zero-order chi connectivity index (χ0) is 12.5. The van der Waals surface area contributed by atoms with Gasteiger partial charge < -0.3 is 0 Å². The highest BCUT2D eigenvalue weighted by Gasteiger charge is 2.05. The van der Waals surface area contributed by atoms with Gasteiger partial charge in [-0.3, -0.25) is 0 Å². The molecule has 2 aromatic carbocycles. The van der Waals surface area contributed by atoms with Gasteiger partial charge in [-0.05, 0) is 35.2 Å². The summed E-state index contributed by atoms with van der Waals surface area (Å²) in [5.41, 5.74) is 1.16. The Balaban J connectivity index is 1.98. The van der Waals surface area contributed by atoms with Gasteiger partial charge in [0.25, 0.3) is 0 Å². The molecule has 3 aromatic rings. The fourth-order valence-corrected chi connectivity index (χ4v) is 3.54. The summed E-state index contributed by atoms with van der Waals surface area (Å²) in [6.45, 7) is 0. The lowest BCUT2D eigenvalue weighted by Gasteiger charge is -2.00. The van der Waals surface area contributed by atoms with Crippen molar-refractivity contribution in [3.63, 3.8) is 0 Å². The van der Waals surface area contributed by atoms with Gasteiger partial charge in [-0.15, -0.1) is 11.3 Å². The molecule has 0 N–H and O–H groups in total. The predicted octanol–water partition coefficient (Wildman–Crippen LogP) is 5.80. The standard InChI is InChI=1S/C15H10Cl2S/c16-12-6-5-11-8-13(18-15(11)9-12)7-10-3-1-2-4-14(10)17/h1-6,8-9H,7H2. The fourth-order valence-electron chi connectivity index (χ4n) is 1.98. The summed E-state index contributed by atoms with van der Waals surface area (Å²) >= 11 is 14.0. The normalized spacial score (nSPS) is 11.0. The SMILES string of the molecule is Clc1ccc2cc(Cc3ccccc3Cl)sc2c1. The Morgan fingerprint density at radius 1 is 0.944 bits per heavy atom. The highest BCUT2D eigenvalue weighted by Crippen LogP contribution is 2.30. The summed E-state index contributed by atoms with van der Waals surface area (Å²) in [6.07, 6.45) is 0.872. The molecule has 0 spiro atoms. The molecule has 0 radical (unpaired) electrons. The maximum absolute atomic E-state index is 6.18. The zero-order valence-corrected chi connectivity index (χ0v) is 11.8. The molecule has 0 unspecified atom stereocenters. The van der Waals surface area contributed by atoms with Gasteiger partial charge in [0.2, 0.25) is 0 Å². The summed E-state index contributed by atoms with van der Waals surface area (Å²) in [7, 11) is 0. The topological polar surface area (TPSA) is 0 Å². The Bertz CT molecular complexity index is 701. The molecule has 1 heterocycles. The highest BCUT2D eigenvalue weighted by molar-refractivity contribution is 7.19. The first kappa shape index (κ1) is 12.0. The number of hydrogen-bond acceptors (Lipinski definition) is 1. The Morgan fingerprint density at radius 2 is 1.78 bits per heavy atom. The number of thiophene rings is 1. The van der Waals surface area contributed by atoms with Crippen LogP contribution in [0.4, 0.5) is 0 Å². The van der Waals surface area contributed by atoms with Crippen LogP contribution < -0.4 is 0 Å². The van der Waals surface area contributed by atoms with E-state index in [0.717, 1.165) is 22.0 Å². The van der Waals surface area contributed by atoms with Gasteiger partial charge in [0.1, 0.15) is 0 Å².